The normalized spacial score (nSPS) is 31.6. The van der Waals surface area contributed by atoms with Gasteiger partial charge in [0.25, 0.3) is 0 Å². The van der Waals surface area contributed by atoms with Crippen molar-refractivity contribution in [2.45, 2.75) is 91.4 Å². The molecule has 2 aliphatic rings. The Balaban J connectivity index is 1.64. The Hall–Kier alpha value is -0.650. The lowest BCUT2D eigenvalue weighted by Crippen LogP contribution is -2.40. The van der Waals surface area contributed by atoms with Gasteiger partial charge >= 0.3 is 0 Å². The van der Waals surface area contributed by atoms with Crippen molar-refractivity contribution < 1.29 is 0 Å². The summed E-state index contributed by atoms with van der Waals surface area (Å²) in [5.74, 6) is 4.23. The van der Waals surface area contributed by atoms with E-state index in [1.54, 1.807) is 0 Å². The van der Waals surface area contributed by atoms with Gasteiger partial charge in [-0.25, -0.2) is 0 Å². The van der Waals surface area contributed by atoms with Gasteiger partial charge in [-0.1, -0.05) is 57.9 Å². The minimum atomic E-state index is 0.522. The molecule has 144 valence electrons. The summed E-state index contributed by atoms with van der Waals surface area (Å²) in [6.45, 7) is 9.88. The maximum atomic E-state index is 6.29. The third kappa shape index (κ3) is 4.35. The van der Waals surface area contributed by atoms with Gasteiger partial charge in [0.2, 0.25) is 0 Å². The van der Waals surface area contributed by atoms with Gasteiger partial charge in [-0.2, -0.15) is 0 Å². The van der Waals surface area contributed by atoms with E-state index in [9.17, 15) is 0 Å². The first-order chi connectivity index (χ1) is 12.9. The van der Waals surface area contributed by atoms with Gasteiger partial charge in [0.15, 0.2) is 0 Å². The highest BCUT2D eigenvalue weighted by Crippen LogP contribution is 2.53. The Bertz CT molecular complexity index is 607. The predicted molar refractivity (Wildman–Crippen MR) is 121 cm³/mol. The van der Waals surface area contributed by atoms with Crippen LogP contribution in [0.5, 0.6) is 0 Å². The fraction of sp³-hybridized carbons (Fsp3) is 0.760. The van der Waals surface area contributed by atoms with Crippen molar-refractivity contribution in [2.24, 2.45) is 29.1 Å². The van der Waals surface area contributed by atoms with Crippen molar-refractivity contribution in [3.63, 3.8) is 0 Å². The molecule has 0 bridgehead atoms. The molecule has 0 saturated heterocycles. The van der Waals surface area contributed by atoms with Crippen LogP contribution < -0.4 is 10.9 Å². The zero-order chi connectivity index (χ0) is 19.6. The maximum Gasteiger partial charge on any atom is 0.113 e. The fourth-order valence-electron chi connectivity index (χ4n) is 6.38. The Kier molecular flexibility index (Phi) is 6.86. The third-order valence-electron chi connectivity index (χ3n) is 8.68. The lowest BCUT2D eigenvalue weighted by atomic mass is 9.56. The maximum absolute atomic E-state index is 6.29. The summed E-state index contributed by atoms with van der Waals surface area (Å²) >= 11 is 0. The van der Waals surface area contributed by atoms with Crippen LogP contribution in [0.15, 0.2) is 18.2 Å². The van der Waals surface area contributed by atoms with Crippen LogP contribution in [-0.4, -0.2) is 15.7 Å². The van der Waals surface area contributed by atoms with Gasteiger partial charge in [0.1, 0.15) is 15.7 Å². The quantitative estimate of drug-likeness (QED) is 0.615. The summed E-state index contributed by atoms with van der Waals surface area (Å²) in [7, 11) is 12.3. The van der Waals surface area contributed by atoms with Crippen molar-refractivity contribution in [1.29, 1.82) is 0 Å². The predicted octanol–water partition coefficient (Wildman–Crippen LogP) is 5.43. The van der Waals surface area contributed by atoms with Gasteiger partial charge in [-0.15, -0.1) is 10.9 Å². The van der Waals surface area contributed by atoms with E-state index in [2.05, 4.69) is 39.8 Å². The second kappa shape index (κ2) is 8.79. The zero-order valence-corrected chi connectivity index (χ0v) is 18.1. The molecule has 2 heteroatoms. The van der Waals surface area contributed by atoms with E-state index < -0.39 is 0 Å². The molecule has 0 spiro atoms. The Labute approximate surface area is 171 Å². The molecular weight excluding hydrogens is 322 g/mol. The number of benzene rings is 1. The van der Waals surface area contributed by atoms with Crippen LogP contribution >= 0.6 is 0 Å². The highest BCUT2D eigenvalue weighted by atomic mass is 14.5. The first kappa shape index (κ1) is 21.1. The highest BCUT2D eigenvalue weighted by Gasteiger charge is 2.42. The van der Waals surface area contributed by atoms with Gasteiger partial charge < -0.3 is 0 Å². The summed E-state index contributed by atoms with van der Waals surface area (Å²) in [5.41, 5.74) is 3.39. The van der Waals surface area contributed by atoms with Crippen LogP contribution in [0.25, 0.3) is 0 Å². The molecule has 0 aliphatic heterocycles. The van der Waals surface area contributed by atoms with E-state index in [0.29, 0.717) is 11.3 Å². The van der Waals surface area contributed by atoms with E-state index in [-0.39, 0.29) is 0 Å². The summed E-state index contributed by atoms with van der Waals surface area (Å²) < 4.78 is 0. The molecule has 1 atom stereocenters. The molecule has 2 aliphatic carbocycles. The van der Waals surface area contributed by atoms with Crippen LogP contribution in [0.3, 0.4) is 0 Å². The molecule has 2 saturated carbocycles. The number of hydrogen-bond acceptors (Lipinski definition) is 0. The third-order valence-corrected chi connectivity index (χ3v) is 8.68. The van der Waals surface area contributed by atoms with Crippen molar-refractivity contribution in [3.8, 4) is 0 Å². The fourth-order valence-corrected chi connectivity index (χ4v) is 6.38. The summed E-state index contributed by atoms with van der Waals surface area (Å²) in [6, 6.07) is 6.19. The monoisotopic (exact) mass is 360 g/mol. The van der Waals surface area contributed by atoms with E-state index in [4.69, 9.17) is 15.7 Å². The molecule has 0 nitrogen and oxygen atoms in total. The number of hydrogen-bond donors (Lipinski definition) is 0. The summed E-state index contributed by atoms with van der Waals surface area (Å²) in [4.78, 5) is 0. The molecule has 1 aromatic rings. The average molecular weight is 360 g/mol. The molecule has 1 unspecified atom stereocenters. The molecule has 1 aromatic carbocycles. The lowest BCUT2D eigenvalue weighted by Gasteiger charge is -2.49. The van der Waals surface area contributed by atoms with Gasteiger partial charge in [-0.3, -0.25) is 0 Å². The van der Waals surface area contributed by atoms with Crippen LogP contribution in [-0.2, 0) is 0 Å². The van der Waals surface area contributed by atoms with Crippen molar-refractivity contribution in [2.75, 3.05) is 0 Å². The van der Waals surface area contributed by atoms with Crippen molar-refractivity contribution >= 4 is 26.6 Å². The van der Waals surface area contributed by atoms with Gasteiger partial charge in [-0.05, 0) is 86.4 Å². The Morgan fingerprint density at radius 2 is 1.48 bits per heavy atom. The highest BCUT2D eigenvalue weighted by molar-refractivity contribution is 6.49. The first-order valence-corrected chi connectivity index (χ1v) is 11.5. The molecule has 0 amide bonds. The second-order valence-electron chi connectivity index (χ2n) is 10.1. The van der Waals surface area contributed by atoms with Crippen molar-refractivity contribution in [3.05, 3.63) is 23.8 Å². The second-order valence-corrected chi connectivity index (χ2v) is 10.1. The summed E-state index contributed by atoms with van der Waals surface area (Å²) in [5, 5.41) is 0. The van der Waals surface area contributed by atoms with Gasteiger partial charge in [0, 0.05) is 0 Å². The minimum Gasteiger partial charge on any atom is -0.103 e. The van der Waals surface area contributed by atoms with Crippen LogP contribution in [0, 0.1) is 29.1 Å². The van der Waals surface area contributed by atoms with E-state index in [0.717, 1.165) is 34.6 Å². The lowest BCUT2D eigenvalue weighted by molar-refractivity contribution is 0.0197. The molecule has 0 aromatic heterocycles. The molecule has 4 radical (unpaired) electrons. The van der Waals surface area contributed by atoms with E-state index >= 15 is 0 Å². The van der Waals surface area contributed by atoms with Crippen molar-refractivity contribution in [1.82, 2.24) is 0 Å². The molecule has 27 heavy (non-hydrogen) atoms. The van der Waals surface area contributed by atoms with E-state index in [1.807, 2.05) is 6.07 Å². The molecule has 0 heterocycles. The molecule has 0 N–H and O–H groups in total. The SMILES string of the molecule is [B]c1cccc(C2CCC(C(C)(CC)C3CCC(C(C)C)CC3)CC2)c1[B]. The first-order valence-electron chi connectivity index (χ1n) is 11.5. The van der Waals surface area contributed by atoms with Crippen LogP contribution in [0.1, 0.15) is 97.0 Å². The Morgan fingerprint density at radius 1 is 0.926 bits per heavy atom. The summed E-state index contributed by atoms with van der Waals surface area (Å²) in [6.07, 6.45) is 12.4. The van der Waals surface area contributed by atoms with Crippen LogP contribution in [0.4, 0.5) is 0 Å². The topological polar surface area (TPSA) is 0 Å². The number of rotatable bonds is 5. The standard InChI is InChI=1S/C25H38B2/c1-5-25(4,20-13-9-18(10-14-20)17(2)3)21-15-11-19(12-16-21)22-7-6-8-23(26)24(22)27/h6-8,17-21H,5,9-16H2,1-4H3. The van der Waals surface area contributed by atoms with E-state index in [1.165, 1.54) is 63.4 Å². The minimum absolute atomic E-state index is 0.522. The molecule has 3 rings (SSSR count). The van der Waals surface area contributed by atoms with Gasteiger partial charge in [0.05, 0.1) is 0 Å². The molecule has 2 fully saturated rings. The zero-order valence-electron chi connectivity index (χ0n) is 18.1. The average Bonchev–Trinajstić information content (AvgIpc) is 2.69. The van der Waals surface area contributed by atoms with Crippen LogP contribution in [0.2, 0.25) is 0 Å². The smallest absolute Gasteiger partial charge is 0.103 e. The molecular formula is C25H38B2. The largest absolute Gasteiger partial charge is 0.113 e. The Morgan fingerprint density at radius 3 is 2.00 bits per heavy atom.